The van der Waals surface area contributed by atoms with E-state index in [2.05, 4.69) is 10.6 Å². The normalized spacial score (nSPS) is 12.4. The summed E-state index contributed by atoms with van der Waals surface area (Å²) in [6.45, 7) is 3.35. The molecule has 2 aromatic carbocycles. The molecule has 2 N–H and O–H groups in total. The first-order chi connectivity index (χ1) is 10.9. The standard InChI is InChI=1S/C17H20N2O3S/c1-3-23(21,22)16-11-9-15(10-12-16)18-13(2)17(20)19-14-7-5-4-6-8-14/h4-13,18H,3H2,1-2H3,(H,19,20). The Hall–Kier alpha value is -2.34. The van der Waals surface area contributed by atoms with Gasteiger partial charge in [-0.3, -0.25) is 4.79 Å². The maximum atomic E-state index is 12.1. The van der Waals surface area contributed by atoms with E-state index < -0.39 is 15.9 Å². The third kappa shape index (κ3) is 4.56. The first-order valence-corrected chi connectivity index (χ1v) is 9.03. The molecule has 122 valence electrons. The lowest BCUT2D eigenvalue weighted by Gasteiger charge is -2.15. The summed E-state index contributed by atoms with van der Waals surface area (Å²) in [6.07, 6.45) is 0. The van der Waals surface area contributed by atoms with E-state index in [0.717, 1.165) is 5.69 Å². The van der Waals surface area contributed by atoms with Crippen molar-refractivity contribution in [3.63, 3.8) is 0 Å². The molecular formula is C17H20N2O3S. The molecule has 1 amide bonds. The van der Waals surface area contributed by atoms with Gasteiger partial charge in [0.2, 0.25) is 5.91 Å². The SMILES string of the molecule is CCS(=O)(=O)c1ccc(NC(C)C(=O)Nc2ccccc2)cc1. The number of hydrogen-bond donors (Lipinski definition) is 2. The van der Waals surface area contributed by atoms with Crippen LogP contribution in [0.25, 0.3) is 0 Å². The quantitative estimate of drug-likeness (QED) is 0.853. The molecule has 0 saturated carbocycles. The molecule has 0 aliphatic heterocycles. The number of para-hydroxylation sites is 1. The molecule has 6 heteroatoms. The number of benzene rings is 2. The van der Waals surface area contributed by atoms with Crippen LogP contribution in [0.15, 0.2) is 59.5 Å². The number of amides is 1. The fraction of sp³-hybridized carbons (Fsp3) is 0.235. The van der Waals surface area contributed by atoms with Gasteiger partial charge in [-0.1, -0.05) is 25.1 Å². The predicted octanol–water partition coefficient (Wildman–Crippen LogP) is 2.92. The minimum Gasteiger partial charge on any atom is -0.374 e. The summed E-state index contributed by atoms with van der Waals surface area (Å²) in [7, 11) is -3.21. The highest BCUT2D eigenvalue weighted by Gasteiger charge is 2.14. The van der Waals surface area contributed by atoms with Crippen molar-refractivity contribution >= 4 is 27.1 Å². The molecule has 2 aromatic rings. The summed E-state index contributed by atoms with van der Waals surface area (Å²) in [6, 6.07) is 15.2. The lowest BCUT2D eigenvalue weighted by atomic mass is 10.2. The van der Waals surface area contributed by atoms with Crippen molar-refractivity contribution in [2.45, 2.75) is 24.8 Å². The van der Waals surface area contributed by atoms with Crippen molar-refractivity contribution in [2.24, 2.45) is 0 Å². The zero-order valence-electron chi connectivity index (χ0n) is 13.1. The van der Waals surface area contributed by atoms with E-state index >= 15 is 0 Å². The Morgan fingerprint density at radius 1 is 1.00 bits per heavy atom. The Kier molecular flexibility index (Phi) is 5.39. The van der Waals surface area contributed by atoms with Gasteiger partial charge in [-0.05, 0) is 43.3 Å². The Balaban J connectivity index is 2.00. The van der Waals surface area contributed by atoms with Crippen LogP contribution in [0.3, 0.4) is 0 Å². The average molecular weight is 332 g/mol. The molecule has 5 nitrogen and oxygen atoms in total. The van der Waals surface area contributed by atoms with Crippen molar-refractivity contribution in [1.82, 2.24) is 0 Å². The van der Waals surface area contributed by atoms with Crippen LogP contribution in [-0.4, -0.2) is 26.1 Å². The maximum Gasteiger partial charge on any atom is 0.246 e. The minimum atomic E-state index is -3.21. The van der Waals surface area contributed by atoms with Gasteiger partial charge in [0, 0.05) is 11.4 Å². The van der Waals surface area contributed by atoms with Crippen LogP contribution in [0.1, 0.15) is 13.8 Å². The molecule has 0 heterocycles. The summed E-state index contributed by atoms with van der Waals surface area (Å²) in [5.41, 5.74) is 1.42. The van der Waals surface area contributed by atoms with Crippen molar-refractivity contribution in [3.8, 4) is 0 Å². The molecule has 1 atom stereocenters. The minimum absolute atomic E-state index is 0.0651. The topological polar surface area (TPSA) is 75.3 Å². The zero-order chi connectivity index (χ0) is 16.9. The molecule has 0 saturated heterocycles. The Morgan fingerprint density at radius 3 is 2.17 bits per heavy atom. The van der Waals surface area contributed by atoms with Gasteiger partial charge in [0.15, 0.2) is 9.84 Å². The number of sulfone groups is 1. The summed E-state index contributed by atoms with van der Waals surface area (Å²) < 4.78 is 23.5. The van der Waals surface area contributed by atoms with Gasteiger partial charge >= 0.3 is 0 Å². The van der Waals surface area contributed by atoms with Gasteiger partial charge < -0.3 is 10.6 Å². The summed E-state index contributed by atoms with van der Waals surface area (Å²) >= 11 is 0. The molecular weight excluding hydrogens is 312 g/mol. The van der Waals surface area contributed by atoms with Crippen LogP contribution in [0.4, 0.5) is 11.4 Å². The van der Waals surface area contributed by atoms with E-state index in [4.69, 9.17) is 0 Å². The lowest BCUT2D eigenvalue weighted by molar-refractivity contribution is -0.116. The van der Waals surface area contributed by atoms with Gasteiger partial charge in [0.05, 0.1) is 10.6 Å². The van der Waals surface area contributed by atoms with Gasteiger partial charge in [-0.15, -0.1) is 0 Å². The molecule has 0 bridgehead atoms. The van der Waals surface area contributed by atoms with Crippen LogP contribution >= 0.6 is 0 Å². The van der Waals surface area contributed by atoms with Crippen molar-refractivity contribution in [3.05, 3.63) is 54.6 Å². The third-order valence-electron chi connectivity index (χ3n) is 3.41. The number of anilines is 2. The molecule has 0 fully saturated rings. The van der Waals surface area contributed by atoms with Gasteiger partial charge in [0.1, 0.15) is 6.04 Å². The second-order valence-electron chi connectivity index (χ2n) is 5.15. The molecule has 0 aromatic heterocycles. The summed E-state index contributed by atoms with van der Waals surface area (Å²) in [5.74, 6) is -0.100. The second-order valence-corrected chi connectivity index (χ2v) is 7.43. The van der Waals surface area contributed by atoms with Crippen LogP contribution in [0.2, 0.25) is 0 Å². The van der Waals surface area contributed by atoms with E-state index in [-0.39, 0.29) is 16.6 Å². The molecule has 0 aliphatic carbocycles. The van der Waals surface area contributed by atoms with Crippen LogP contribution in [0.5, 0.6) is 0 Å². The van der Waals surface area contributed by atoms with Crippen LogP contribution < -0.4 is 10.6 Å². The molecule has 0 radical (unpaired) electrons. The Morgan fingerprint density at radius 2 is 1.61 bits per heavy atom. The monoisotopic (exact) mass is 332 g/mol. The molecule has 23 heavy (non-hydrogen) atoms. The van der Waals surface area contributed by atoms with Crippen LogP contribution in [0, 0.1) is 0 Å². The molecule has 1 unspecified atom stereocenters. The number of hydrogen-bond acceptors (Lipinski definition) is 4. The number of rotatable bonds is 6. The Bertz CT molecular complexity index is 756. The average Bonchev–Trinajstić information content (AvgIpc) is 2.56. The van der Waals surface area contributed by atoms with Gasteiger partial charge in [-0.25, -0.2) is 8.42 Å². The third-order valence-corrected chi connectivity index (χ3v) is 5.16. The fourth-order valence-electron chi connectivity index (χ4n) is 2.01. The van der Waals surface area contributed by atoms with E-state index in [1.54, 1.807) is 38.1 Å². The second kappa shape index (κ2) is 7.28. The van der Waals surface area contributed by atoms with E-state index in [9.17, 15) is 13.2 Å². The maximum absolute atomic E-state index is 12.1. The number of nitrogens with one attached hydrogen (secondary N) is 2. The van der Waals surface area contributed by atoms with Crippen molar-refractivity contribution in [1.29, 1.82) is 0 Å². The highest BCUT2D eigenvalue weighted by molar-refractivity contribution is 7.91. The fourth-order valence-corrected chi connectivity index (χ4v) is 2.90. The van der Waals surface area contributed by atoms with E-state index in [1.807, 2.05) is 30.3 Å². The van der Waals surface area contributed by atoms with Gasteiger partial charge in [0.25, 0.3) is 0 Å². The van der Waals surface area contributed by atoms with Crippen molar-refractivity contribution < 1.29 is 13.2 Å². The van der Waals surface area contributed by atoms with Crippen LogP contribution in [-0.2, 0) is 14.6 Å². The lowest BCUT2D eigenvalue weighted by Crippen LogP contribution is -2.31. The zero-order valence-corrected chi connectivity index (χ0v) is 13.9. The largest absolute Gasteiger partial charge is 0.374 e. The summed E-state index contributed by atoms with van der Waals surface area (Å²) in [5, 5.41) is 5.86. The number of carbonyl (C=O) groups excluding carboxylic acids is 1. The molecule has 2 rings (SSSR count). The molecule has 0 spiro atoms. The molecule has 0 aliphatic rings. The highest BCUT2D eigenvalue weighted by Crippen LogP contribution is 2.16. The summed E-state index contributed by atoms with van der Waals surface area (Å²) in [4.78, 5) is 12.4. The highest BCUT2D eigenvalue weighted by atomic mass is 32.2. The Labute approximate surface area is 136 Å². The first kappa shape index (κ1) is 17.0. The smallest absolute Gasteiger partial charge is 0.246 e. The van der Waals surface area contributed by atoms with Gasteiger partial charge in [-0.2, -0.15) is 0 Å². The first-order valence-electron chi connectivity index (χ1n) is 7.37. The van der Waals surface area contributed by atoms with Crippen molar-refractivity contribution in [2.75, 3.05) is 16.4 Å². The predicted molar refractivity (Wildman–Crippen MR) is 92.3 cm³/mol. The van der Waals surface area contributed by atoms with E-state index in [0.29, 0.717) is 5.69 Å². The van der Waals surface area contributed by atoms with E-state index in [1.165, 1.54) is 0 Å². The number of carbonyl (C=O) groups is 1.